The molecule has 0 saturated heterocycles. The summed E-state index contributed by atoms with van der Waals surface area (Å²) in [7, 11) is 1.91. The molecule has 1 amide bonds. The number of amides is 1. The van der Waals surface area contributed by atoms with E-state index in [0.717, 1.165) is 29.7 Å². The number of likely N-dealkylation sites (N-methyl/N-ethyl adjacent to an activating group) is 1. The molecule has 1 aliphatic carbocycles. The molecule has 2 aromatic rings. The maximum absolute atomic E-state index is 11.7. The summed E-state index contributed by atoms with van der Waals surface area (Å²) >= 11 is 0. The molecule has 1 aliphatic rings. The molecule has 0 aliphatic heterocycles. The highest BCUT2D eigenvalue weighted by atomic mass is 16.2. The van der Waals surface area contributed by atoms with Crippen molar-refractivity contribution >= 4 is 22.6 Å². The smallest absolute Gasteiger partial charge is 0.234 e. The van der Waals surface area contributed by atoms with Crippen molar-refractivity contribution in [2.45, 2.75) is 25.4 Å². The van der Waals surface area contributed by atoms with E-state index in [1.807, 2.05) is 30.1 Å². The van der Waals surface area contributed by atoms with Crippen LogP contribution in [0, 0.1) is 0 Å². The van der Waals surface area contributed by atoms with Crippen LogP contribution in [-0.4, -0.2) is 40.4 Å². The van der Waals surface area contributed by atoms with Gasteiger partial charge in [-0.15, -0.1) is 0 Å². The molecule has 0 atom stereocenters. The van der Waals surface area contributed by atoms with E-state index < -0.39 is 0 Å². The SMILES string of the molecule is CN(CC(=O)NC1CC1)Cc1nc2ccc(N)cc2[nH]1. The first kappa shape index (κ1) is 12.9. The van der Waals surface area contributed by atoms with Gasteiger partial charge >= 0.3 is 0 Å². The third-order valence-corrected chi connectivity index (χ3v) is 3.33. The van der Waals surface area contributed by atoms with Crippen molar-refractivity contribution in [3.05, 3.63) is 24.0 Å². The number of hydrogen-bond donors (Lipinski definition) is 3. The van der Waals surface area contributed by atoms with Gasteiger partial charge in [0, 0.05) is 11.7 Å². The first-order valence-electron chi connectivity index (χ1n) is 6.82. The van der Waals surface area contributed by atoms with Crippen LogP contribution in [0.1, 0.15) is 18.7 Å². The van der Waals surface area contributed by atoms with Gasteiger partial charge in [-0.25, -0.2) is 4.98 Å². The Balaban J connectivity index is 1.61. The Bertz CT molecular complexity index is 632. The average molecular weight is 273 g/mol. The summed E-state index contributed by atoms with van der Waals surface area (Å²) in [4.78, 5) is 21.4. The Morgan fingerprint density at radius 2 is 2.35 bits per heavy atom. The zero-order chi connectivity index (χ0) is 14.1. The number of nitrogens with two attached hydrogens (primary N) is 1. The minimum Gasteiger partial charge on any atom is -0.399 e. The topological polar surface area (TPSA) is 87.0 Å². The van der Waals surface area contributed by atoms with Gasteiger partial charge in [0.05, 0.1) is 24.1 Å². The lowest BCUT2D eigenvalue weighted by molar-refractivity contribution is -0.122. The first-order valence-corrected chi connectivity index (χ1v) is 6.82. The molecule has 0 radical (unpaired) electrons. The lowest BCUT2D eigenvalue weighted by atomic mass is 10.3. The number of carbonyl (C=O) groups is 1. The summed E-state index contributed by atoms with van der Waals surface area (Å²) < 4.78 is 0. The molecule has 1 saturated carbocycles. The van der Waals surface area contributed by atoms with E-state index in [0.29, 0.717) is 24.8 Å². The molecule has 1 fully saturated rings. The van der Waals surface area contributed by atoms with E-state index in [1.54, 1.807) is 0 Å². The summed E-state index contributed by atoms with van der Waals surface area (Å²) in [5.41, 5.74) is 8.27. The van der Waals surface area contributed by atoms with Crippen LogP contribution in [0.5, 0.6) is 0 Å². The van der Waals surface area contributed by atoms with Crippen molar-refractivity contribution in [1.29, 1.82) is 0 Å². The quantitative estimate of drug-likeness (QED) is 0.705. The predicted octanol–water partition coefficient (Wildman–Crippen LogP) is 0.855. The van der Waals surface area contributed by atoms with Gasteiger partial charge in [-0.3, -0.25) is 9.69 Å². The number of aromatic amines is 1. The van der Waals surface area contributed by atoms with E-state index in [2.05, 4.69) is 15.3 Å². The Kier molecular flexibility index (Phi) is 3.31. The molecule has 106 valence electrons. The average Bonchev–Trinajstić information content (AvgIpc) is 3.07. The molecule has 1 aromatic heterocycles. The van der Waals surface area contributed by atoms with E-state index >= 15 is 0 Å². The number of nitrogens with zero attached hydrogens (tertiary/aromatic N) is 2. The predicted molar refractivity (Wildman–Crippen MR) is 78.0 cm³/mol. The molecule has 6 nitrogen and oxygen atoms in total. The fourth-order valence-electron chi connectivity index (χ4n) is 2.21. The zero-order valence-corrected chi connectivity index (χ0v) is 11.5. The van der Waals surface area contributed by atoms with E-state index in [4.69, 9.17) is 5.73 Å². The number of nitrogens with one attached hydrogen (secondary N) is 2. The number of fused-ring (bicyclic) bond motifs is 1. The van der Waals surface area contributed by atoms with Crippen LogP contribution in [0.4, 0.5) is 5.69 Å². The number of anilines is 1. The minimum atomic E-state index is 0.0790. The van der Waals surface area contributed by atoms with E-state index in [1.165, 1.54) is 0 Å². The number of hydrogen-bond acceptors (Lipinski definition) is 4. The number of H-pyrrole nitrogens is 1. The highest BCUT2D eigenvalue weighted by Gasteiger charge is 2.23. The zero-order valence-electron chi connectivity index (χ0n) is 11.5. The molecule has 0 bridgehead atoms. The first-order chi connectivity index (χ1) is 9.60. The molecular weight excluding hydrogens is 254 g/mol. The van der Waals surface area contributed by atoms with Crippen molar-refractivity contribution in [3.63, 3.8) is 0 Å². The second-order valence-corrected chi connectivity index (χ2v) is 5.47. The second-order valence-electron chi connectivity index (χ2n) is 5.47. The van der Waals surface area contributed by atoms with Crippen LogP contribution in [0.3, 0.4) is 0 Å². The summed E-state index contributed by atoms with van der Waals surface area (Å²) in [5.74, 6) is 0.919. The Hall–Kier alpha value is -2.08. The summed E-state index contributed by atoms with van der Waals surface area (Å²) in [5, 5.41) is 2.98. The molecule has 1 heterocycles. The standard InChI is InChI=1S/C14H19N5O/c1-19(8-14(20)16-10-3-4-10)7-13-17-11-5-2-9(15)6-12(11)18-13/h2,5-6,10H,3-4,7-8,15H2,1H3,(H,16,20)(H,17,18). The van der Waals surface area contributed by atoms with Crippen molar-refractivity contribution in [1.82, 2.24) is 20.2 Å². The summed E-state index contributed by atoms with van der Waals surface area (Å²) in [6, 6.07) is 6.00. The Morgan fingerprint density at radius 1 is 1.55 bits per heavy atom. The fourth-order valence-corrected chi connectivity index (χ4v) is 2.21. The number of nitrogen functional groups attached to an aromatic ring is 1. The van der Waals surface area contributed by atoms with Crippen molar-refractivity contribution < 1.29 is 4.79 Å². The molecular formula is C14H19N5O. The van der Waals surface area contributed by atoms with Gasteiger partial charge in [-0.2, -0.15) is 0 Å². The minimum absolute atomic E-state index is 0.0790. The van der Waals surface area contributed by atoms with Gasteiger partial charge in [0.25, 0.3) is 0 Å². The van der Waals surface area contributed by atoms with E-state index in [9.17, 15) is 4.79 Å². The number of carbonyl (C=O) groups excluding carboxylic acids is 1. The molecule has 20 heavy (non-hydrogen) atoms. The van der Waals surface area contributed by atoms with E-state index in [-0.39, 0.29) is 5.91 Å². The highest BCUT2D eigenvalue weighted by molar-refractivity contribution is 5.79. The fraction of sp³-hybridized carbons (Fsp3) is 0.429. The number of aromatic nitrogens is 2. The molecule has 1 aromatic carbocycles. The van der Waals surface area contributed by atoms with Gasteiger partial charge in [0.2, 0.25) is 5.91 Å². The van der Waals surface area contributed by atoms with Gasteiger partial charge in [-0.1, -0.05) is 0 Å². The van der Waals surface area contributed by atoms with Crippen molar-refractivity contribution in [3.8, 4) is 0 Å². The lowest BCUT2D eigenvalue weighted by Gasteiger charge is -2.14. The van der Waals surface area contributed by atoms with Crippen LogP contribution in [0.15, 0.2) is 18.2 Å². The monoisotopic (exact) mass is 273 g/mol. The van der Waals surface area contributed by atoms with Gasteiger partial charge in [0.15, 0.2) is 0 Å². The third kappa shape index (κ3) is 3.08. The summed E-state index contributed by atoms with van der Waals surface area (Å²) in [6.45, 7) is 0.988. The third-order valence-electron chi connectivity index (χ3n) is 3.33. The van der Waals surface area contributed by atoms with Gasteiger partial charge < -0.3 is 16.0 Å². The summed E-state index contributed by atoms with van der Waals surface area (Å²) in [6.07, 6.45) is 2.22. The molecule has 4 N–H and O–H groups in total. The van der Waals surface area contributed by atoms with Crippen molar-refractivity contribution in [2.24, 2.45) is 0 Å². The Morgan fingerprint density at radius 3 is 3.10 bits per heavy atom. The maximum Gasteiger partial charge on any atom is 0.234 e. The van der Waals surface area contributed by atoms with Gasteiger partial charge in [-0.05, 0) is 38.1 Å². The van der Waals surface area contributed by atoms with Crippen LogP contribution in [-0.2, 0) is 11.3 Å². The lowest BCUT2D eigenvalue weighted by Crippen LogP contribution is -2.36. The van der Waals surface area contributed by atoms with Crippen molar-refractivity contribution in [2.75, 3.05) is 19.3 Å². The van der Waals surface area contributed by atoms with Crippen LogP contribution < -0.4 is 11.1 Å². The highest BCUT2D eigenvalue weighted by Crippen LogP contribution is 2.18. The normalized spacial score (nSPS) is 14.9. The maximum atomic E-state index is 11.7. The van der Waals surface area contributed by atoms with Gasteiger partial charge in [0.1, 0.15) is 5.82 Å². The Labute approximate surface area is 117 Å². The van der Waals surface area contributed by atoms with Crippen LogP contribution in [0.25, 0.3) is 11.0 Å². The number of imidazole rings is 1. The second kappa shape index (κ2) is 5.13. The van der Waals surface area contributed by atoms with Crippen LogP contribution in [0.2, 0.25) is 0 Å². The number of rotatable bonds is 5. The number of benzene rings is 1. The molecule has 0 spiro atoms. The molecule has 0 unspecified atom stereocenters. The molecule has 6 heteroatoms. The van der Waals surface area contributed by atoms with Crippen LogP contribution >= 0.6 is 0 Å². The largest absolute Gasteiger partial charge is 0.399 e. The molecule has 3 rings (SSSR count).